The van der Waals surface area contributed by atoms with Gasteiger partial charge in [-0.2, -0.15) is 0 Å². The first kappa shape index (κ1) is 30.9. The van der Waals surface area contributed by atoms with Crippen LogP contribution in [-0.4, -0.2) is 59.8 Å². The third-order valence-corrected chi connectivity index (χ3v) is 8.20. The van der Waals surface area contributed by atoms with Crippen LogP contribution >= 0.6 is 0 Å². The Morgan fingerprint density at radius 2 is 1.63 bits per heavy atom. The molecule has 1 saturated heterocycles. The van der Waals surface area contributed by atoms with Gasteiger partial charge in [-0.1, -0.05) is 6.07 Å². The SMILES string of the molecule is COc1ccc(CN2Cc3nc(-c4c(F)cccc4F)cc(Nc4ccc(C(=O)N5CCC(F)(F)CC5)cc4)c3C2=O)c(OC)c1. The van der Waals surface area contributed by atoms with Gasteiger partial charge in [-0.3, -0.25) is 9.59 Å². The van der Waals surface area contributed by atoms with Crippen molar-refractivity contribution >= 4 is 23.2 Å². The summed E-state index contributed by atoms with van der Waals surface area (Å²) in [6, 6.07) is 16.5. The number of carbonyl (C=O) groups is 2. The Balaban J connectivity index is 1.31. The Bertz CT molecular complexity index is 1790. The van der Waals surface area contributed by atoms with Crippen molar-refractivity contribution in [2.24, 2.45) is 0 Å². The quantitative estimate of drug-likeness (QED) is 0.215. The van der Waals surface area contributed by atoms with Crippen molar-refractivity contribution in [3.05, 3.63) is 101 Å². The van der Waals surface area contributed by atoms with E-state index in [-0.39, 0.29) is 73.3 Å². The Morgan fingerprint density at radius 3 is 2.28 bits per heavy atom. The van der Waals surface area contributed by atoms with Crippen molar-refractivity contribution in [2.45, 2.75) is 31.9 Å². The van der Waals surface area contributed by atoms with Crippen molar-refractivity contribution in [1.82, 2.24) is 14.8 Å². The van der Waals surface area contributed by atoms with E-state index in [2.05, 4.69) is 10.3 Å². The van der Waals surface area contributed by atoms with Crippen LogP contribution < -0.4 is 14.8 Å². The number of benzene rings is 3. The van der Waals surface area contributed by atoms with Gasteiger partial charge < -0.3 is 24.6 Å². The van der Waals surface area contributed by atoms with Crippen molar-refractivity contribution in [1.29, 1.82) is 0 Å². The number of piperidine rings is 1. The van der Waals surface area contributed by atoms with Crippen LogP contribution in [0, 0.1) is 11.6 Å². The van der Waals surface area contributed by atoms with Gasteiger partial charge in [0.05, 0.1) is 55.5 Å². The van der Waals surface area contributed by atoms with Crippen LogP contribution in [0.15, 0.2) is 66.7 Å². The molecule has 0 bridgehead atoms. The molecular weight excluding hydrogens is 604 g/mol. The summed E-state index contributed by atoms with van der Waals surface area (Å²) in [6.07, 6.45) is -0.764. The van der Waals surface area contributed by atoms with Gasteiger partial charge in [0.15, 0.2) is 0 Å². The molecular formula is C34H30F4N4O4. The fourth-order valence-corrected chi connectivity index (χ4v) is 5.72. The van der Waals surface area contributed by atoms with E-state index in [1.807, 2.05) is 0 Å². The maximum atomic E-state index is 14.9. The van der Waals surface area contributed by atoms with Crippen LogP contribution in [0.1, 0.15) is 44.8 Å². The molecule has 1 N–H and O–H groups in total. The number of rotatable bonds is 8. The third-order valence-electron chi connectivity index (χ3n) is 8.20. The first-order valence-electron chi connectivity index (χ1n) is 14.6. The zero-order valence-corrected chi connectivity index (χ0v) is 25.1. The summed E-state index contributed by atoms with van der Waals surface area (Å²) in [5.74, 6) is -3.97. The molecule has 0 unspecified atom stereocenters. The average molecular weight is 635 g/mol. The highest BCUT2D eigenvalue weighted by Gasteiger charge is 2.36. The molecule has 46 heavy (non-hydrogen) atoms. The second kappa shape index (κ2) is 12.3. The number of halogens is 4. The zero-order chi connectivity index (χ0) is 32.6. The first-order valence-corrected chi connectivity index (χ1v) is 14.6. The molecule has 0 radical (unpaired) electrons. The van der Waals surface area contributed by atoms with E-state index in [0.717, 1.165) is 17.7 Å². The number of pyridine rings is 1. The van der Waals surface area contributed by atoms with E-state index in [1.165, 1.54) is 31.3 Å². The summed E-state index contributed by atoms with van der Waals surface area (Å²) in [6.45, 7) is 0.172. The number of amides is 2. The molecule has 0 atom stereocenters. The number of nitrogens with one attached hydrogen (secondary N) is 1. The number of aromatic nitrogens is 1. The molecule has 0 saturated carbocycles. The number of fused-ring (bicyclic) bond motifs is 1. The Kier molecular flexibility index (Phi) is 8.28. The van der Waals surface area contributed by atoms with Gasteiger partial charge in [0.1, 0.15) is 23.1 Å². The van der Waals surface area contributed by atoms with E-state index in [9.17, 15) is 27.2 Å². The summed E-state index contributed by atoms with van der Waals surface area (Å²) in [5.41, 5.74) is 2.03. The molecule has 0 aliphatic carbocycles. The Labute approximate surface area is 262 Å². The minimum absolute atomic E-state index is 0.00206. The average Bonchev–Trinajstić information content (AvgIpc) is 3.35. The molecule has 8 nitrogen and oxygen atoms in total. The van der Waals surface area contributed by atoms with Gasteiger partial charge in [0.2, 0.25) is 0 Å². The molecule has 6 rings (SSSR count). The fraction of sp³-hybridized carbons (Fsp3) is 0.265. The molecule has 3 aromatic carbocycles. The maximum absolute atomic E-state index is 14.9. The minimum Gasteiger partial charge on any atom is -0.497 e. The molecule has 3 heterocycles. The number of carbonyl (C=O) groups excluding carboxylic acids is 2. The van der Waals surface area contributed by atoms with E-state index in [1.54, 1.807) is 47.4 Å². The molecule has 1 aromatic heterocycles. The van der Waals surface area contributed by atoms with Crippen molar-refractivity contribution in [3.8, 4) is 22.8 Å². The van der Waals surface area contributed by atoms with Crippen molar-refractivity contribution in [2.75, 3.05) is 32.6 Å². The molecule has 2 aliphatic rings. The Morgan fingerprint density at radius 1 is 0.935 bits per heavy atom. The smallest absolute Gasteiger partial charge is 0.258 e. The summed E-state index contributed by atoms with van der Waals surface area (Å²) < 4.78 is 67.7. The predicted molar refractivity (Wildman–Crippen MR) is 163 cm³/mol. The molecule has 238 valence electrons. The number of likely N-dealkylation sites (tertiary alicyclic amines) is 1. The molecule has 4 aromatic rings. The third kappa shape index (κ3) is 6.07. The summed E-state index contributed by atoms with van der Waals surface area (Å²) in [4.78, 5) is 34.2. The summed E-state index contributed by atoms with van der Waals surface area (Å²) in [5, 5.41) is 3.16. The highest BCUT2D eigenvalue weighted by molar-refractivity contribution is 6.04. The highest BCUT2D eigenvalue weighted by Crippen LogP contribution is 2.37. The van der Waals surface area contributed by atoms with Gasteiger partial charge in [-0.15, -0.1) is 0 Å². The number of anilines is 2. The van der Waals surface area contributed by atoms with E-state index in [0.29, 0.717) is 28.4 Å². The molecule has 12 heteroatoms. The van der Waals surface area contributed by atoms with Crippen molar-refractivity contribution < 1.29 is 36.6 Å². The van der Waals surface area contributed by atoms with Gasteiger partial charge in [0.25, 0.3) is 17.7 Å². The highest BCUT2D eigenvalue weighted by atomic mass is 19.3. The van der Waals surface area contributed by atoms with Crippen LogP contribution in [0.4, 0.5) is 28.9 Å². The van der Waals surface area contributed by atoms with Gasteiger partial charge in [-0.05, 0) is 54.6 Å². The van der Waals surface area contributed by atoms with E-state index in [4.69, 9.17) is 9.47 Å². The van der Waals surface area contributed by atoms with Crippen LogP contribution in [0.5, 0.6) is 11.5 Å². The van der Waals surface area contributed by atoms with Crippen LogP contribution in [0.2, 0.25) is 0 Å². The first-order chi connectivity index (χ1) is 22.1. The number of nitrogens with zero attached hydrogens (tertiary/aromatic N) is 3. The second-order valence-electron chi connectivity index (χ2n) is 11.2. The van der Waals surface area contributed by atoms with E-state index >= 15 is 0 Å². The maximum Gasteiger partial charge on any atom is 0.258 e. The number of methoxy groups -OCH3 is 2. The lowest BCUT2D eigenvalue weighted by Crippen LogP contribution is -2.42. The zero-order valence-electron chi connectivity index (χ0n) is 25.1. The van der Waals surface area contributed by atoms with Gasteiger partial charge >= 0.3 is 0 Å². The number of ether oxygens (including phenoxy) is 2. The van der Waals surface area contributed by atoms with Crippen molar-refractivity contribution in [3.63, 3.8) is 0 Å². The molecule has 2 amide bonds. The van der Waals surface area contributed by atoms with Gasteiger partial charge in [0, 0.05) is 48.8 Å². The van der Waals surface area contributed by atoms with E-state index < -0.39 is 17.6 Å². The number of alkyl halides is 2. The van der Waals surface area contributed by atoms with Crippen LogP contribution in [0.3, 0.4) is 0 Å². The summed E-state index contributed by atoms with van der Waals surface area (Å²) >= 11 is 0. The number of hydrogen-bond donors (Lipinski definition) is 1. The lowest BCUT2D eigenvalue weighted by atomic mass is 10.0. The number of hydrogen-bond acceptors (Lipinski definition) is 6. The predicted octanol–water partition coefficient (Wildman–Crippen LogP) is 6.81. The monoisotopic (exact) mass is 634 g/mol. The standard InChI is InChI=1S/C34H30F4N4O4/c1-45-23-11-8-21(29(16-23)46-2)18-42-19-28-31(33(42)44)27(17-26(40-28)30-24(35)4-3-5-25(30)36)39-22-9-6-20(7-10-22)32(43)41-14-12-34(37,38)13-15-41/h3-11,16-17H,12-15,18-19H2,1-2H3,(H,39,40). The lowest BCUT2D eigenvalue weighted by Gasteiger charge is -2.31. The van der Waals surface area contributed by atoms with Gasteiger partial charge in [-0.25, -0.2) is 22.5 Å². The molecule has 1 fully saturated rings. The summed E-state index contributed by atoms with van der Waals surface area (Å²) in [7, 11) is 3.05. The fourth-order valence-electron chi connectivity index (χ4n) is 5.72. The second-order valence-corrected chi connectivity index (χ2v) is 11.2. The topological polar surface area (TPSA) is 84.0 Å². The molecule has 2 aliphatic heterocycles. The lowest BCUT2D eigenvalue weighted by molar-refractivity contribution is -0.0494. The molecule has 0 spiro atoms. The Hall–Kier alpha value is -5.13. The van der Waals surface area contributed by atoms with Crippen LogP contribution in [-0.2, 0) is 13.1 Å². The largest absolute Gasteiger partial charge is 0.497 e. The minimum atomic E-state index is -2.77. The van der Waals surface area contributed by atoms with Crippen LogP contribution in [0.25, 0.3) is 11.3 Å². The normalized spacial score (nSPS) is 15.5.